The molecule has 5 nitrogen and oxygen atoms in total. The molecule has 3 aromatic rings. The highest BCUT2D eigenvalue weighted by atomic mass is 35.5. The van der Waals surface area contributed by atoms with Gasteiger partial charge >= 0.3 is 0 Å². The van der Waals surface area contributed by atoms with Crippen LogP contribution >= 0.6 is 23.2 Å². The molecule has 2 aliphatic heterocycles. The zero-order chi connectivity index (χ0) is 23.9. The third-order valence-electron chi connectivity index (χ3n) is 6.65. The molecule has 0 aliphatic carbocycles. The standard InChI is InChI=1S/C26H25Cl2FN2O3/c1-15(23-19(27)3-4-20(29)24(23)28)33-22-13-18(14-31-25(22)30)16-2-5-21-17(12-16)6-7-26(34-21)8-10-32-11-9-26/h2-5,12-15H,6-11H2,1H3,(H2,30,31)/t15-/m1/s1. The molecule has 0 radical (unpaired) electrons. The fraction of sp³-hybridized carbons (Fsp3) is 0.346. The largest absolute Gasteiger partial charge is 0.487 e. The molecule has 0 bridgehead atoms. The number of benzene rings is 2. The Morgan fingerprint density at radius 2 is 1.88 bits per heavy atom. The third-order valence-corrected chi connectivity index (χ3v) is 7.36. The number of hydrogen-bond donors (Lipinski definition) is 1. The maximum absolute atomic E-state index is 14.0. The number of hydrogen-bond acceptors (Lipinski definition) is 5. The molecule has 2 aromatic carbocycles. The number of pyridine rings is 1. The predicted octanol–water partition coefficient (Wildman–Crippen LogP) is 6.79. The van der Waals surface area contributed by atoms with E-state index in [1.165, 1.54) is 17.7 Å². The SMILES string of the molecule is C[C@@H](Oc1cc(-c2ccc3c(c2)CCC2(CCOCC2)O3)cnc1N)c1c(Cl)ccc(F)c1Cl. The van der Waals surface area contributed by atoms with Crippen molar-refractivity contribution in [3.05, 3.63) is 69.6 Å². The van der Waals surface area contributed by atoms with E-state index < -0.39 is 11.9 Å². The summed E-state index contributed by atoms with van der Waals surface area (Å²) in [7, 11) is 0. The first-order chi connectivity index (χ1) is 16.3. The van der Waals surface area contributed by atoms with Crippen molar-refractivity contribution >= 4 is 29.0 Å². The zero-order valence-corrected chi connectivity index (χ0v) is 20.3. The molecular formula is C26H25Cl2FN2O3. The van der Waals surface area contributed by atoms with Crippen molar-refractivity contribution in [1.29, 1.82) is 0 Å². The summed E-state index contributed by atoms with van der Waals surface area (Å²) in [6, 6.07) is 10.7. The lowest BCUT2D eigenvalue weighted by molar-refractivity contribution is -0.0569. The molecule has 1 atom stereocenters. The molecule has 3 heterocycles. The smallest absolute Gasteiger partial charge is 0.166 e. The van der Waals surface area contributed by atoms with Gasteiger partial charge in [0.2, 0.25) is 0 Å². The maximum atomic E-state index is 14.0. The number of anilines is 1. The molecule has 1 saturated heterocycles. The van der Waals surface area contributed by atoms with E-state index in [4.69, 9.17) is 43.1 Å². The molecule has 1 spiro atoms. The van der Waals surface area contributed by atoms with E-state index in [-0.39, 0.29) is 16.4 Å². The van der Waals surface area contributed by atoms with Gasteiger partial charge in [-0.3, -0.25) is 0 Å². The van der Waals surface area contributed by atoms with E-state index in [1.807, 2.05) is 18.2 Å². The minimum Gasteiger partial charge on any atom is -0.487 e. The molecule has 0 unspecified atom stereocenters. The summed E-state index contributed by atoms with van der Waals surface area (Å²) in [4.78, 5) is 4.31. The first-order valence-corrected chi connectivity index (χ1v) is 12.1. The van der Waals surface area contributed by atoms with Crippen molar-refractivity contribution in [3.63, 3.8) is 0 Å². The number of ether oxygens (including phenoxy) is 3. The Labute approximate surface area is 207 Å². The number of aryl methyl sites for hydroxylation is 1. The lowest BCUT2D eigenvalue weighted by atomic mass is 9.84. The van der Waals surface area contributed by atoms with Gasteiger partial charge in [0.25, 0.3) is 0 Å². The molecule has 5 rings (SSSR count). The van der Waals surface area contributed by atoms with Crippen LogP contribution in [0.25, 0.3) is 11.1 Å². The lowest BCUT2D eigenvalue weighted by Gasteiger charge is -2.41. The number of rotatable bonds is 4. The minimum absolute atomic E-state index is 0.0697. The third kappa shape index (κ3) is 4.42. The van der Waals surface area contributed by atoms with Gasteiger partial charge in [-0.2, -0.15) is 0 Å². The van der Waals surface area contributed by atoms with Gasteiger partial charge in [0.15, 0.2) is 11.6 Å². The quantitative estimate of drug-likeness (QED) is 0.397. The Balaban J connectivity index is 1.40. The van der Waals surface area contributed by atoms with Gasteiger partial charge in [0.1, 0.15) is 23.3 Å². The summed E-state index contributed by atoms with van der Waals surface area (Å²) < 4.78 is 32.0. The van der Waals surface area contributed by atoms with Crippen LogP contribution < -0.4 is 15.2 Å². The molecule has 1 fully saturated rings. The Hall–Kier alpha value is -2.54. The van der Waals surface area contributed by atoms with Crippen molar-refractivity contribution in [1.82, 2.24) is 4.98 Å². The van der Waals surface area contributed by atoms with Gasteiger partial charge in [-0.05, 0) is 61.2 Å². The van der Waals surface area contributed by atoms with Gasteiger partial charge in [0.05, 0.1) is 18.2 Å². The summed E-state index contributed by atoms with van der Waals surface area (Å²) >= 11 is 12.4. The number of nitrogen functional groups attached to an aromatic ring is 1. The average molecular weight is 503 g/mol. The molecule has 8 heteroatoms. The predicted molar refractivity (Wildman–Crippen MR) is 131 cm³/mol. The Bertz CT molecular complexity index is 1230. The fourth-order valence-corrected chi connectivity index (χ4v) is 5.35. The van der Waals surface area contributed by atoms with Crippen LogP contribution in [0.4, 0.5) is 10.2 Å². The average Bonchev–Trinajstić information content (AvgIpc) is 2.83. The van der Waals surface area contributed by atoms with E-state index in [2.05, 4.69) is 11.1 Å². The van der Waals surface area contributed by atoms with Gasteiger partial charge in [-0.1, -0.05) is 29.3 Å². The number of nitrogens with zero attached hydrogens (tertiary/aromatic N) is 1. The minimum atomic E-state index is -0.636. The summed E-state index contributed by atoms with van der Waals surface area (Å²) in [5.74, 6) is 0.967. The first-order valence-electron chi connectivity index (χ1n) is 11.3. The van der Waals surface area contributed by atoms with E-state index >= 15 is 0 Å². The van der Waals surface area contributed by atoms with Crippen LogP contribution in [0.5, 0.6) is 11.5 Å². The summed E-state index contributed by atoms with van der Waals surface area (Å²) in [6.45, 7) is 3.23. The van der Waals surface area contributed by atoms with E-state index in [0.29, 0.717) is 16.3 Å². The van der Waals surface area contributed by atoms with Crippen molar-refractivity contribution in [2.45, 2.75) is 44.3 Å². The highest BCUT2D eigenvalue weighted by Crippen LogP contribution is 2.41. The number of halogens is 3. The second kappa shape index (κ2) is 9.25. The van der Waals surface area contributed by atoms with Gasteiger partial charge in [0, 0.05) is 35.2 Å². The van der Waals surface area contributed by atoms with Crippen LogP contribution in [0.3, 0.4) is 0 Å². The molecule has 2 N–H and O–H groups in total. The van der Waals surface area contributed by atoms with Crippen LogP contribution in [0, 0.1) is 5.82 Å². The monoisotopic (exact) mass is 502 g/mol. The fourth-order valence-electron chi connectivity index (χ4n) is 4.67. The molecule has 0 amide bonds. The molecule has 0 saturated carbocycles. The van der Waals surface area contributed by atoms with Crippen LogP contribution in [0.1, 0.15) is 43.4 Å². The van der Waals surface area contributed by atoms with E-state index in [9.17, 15) is 4.39 Å². The van der Waals surface area contributed by atoms with E-state index in [1.54, 1.807) is 13.1 Å². The molecule has 178 valence electrons. The van der Waals surface area contributed by atoms with Crippen molar-refractivity contribution in [2.75, 3.05) is 18.9 Å². The van der Waals surface area contributed by atoms with Crippen LogP contribution in [-0.2, 0) is 11.2 Å². The summed E-state index contributed by atoms with van der Waals surface area (Å²) in [5, 5.41) is 0.248. The van der Waals surface area contributed by atoms with E-state index in [0.717, 1.165) is 55.8 Å². The van der Waals surface area contributed by atoms with Crippen LogP contribution in [0.2, 0.25) is 10.0 Å². The van der Waals surface area contributed by atoms with Crippen molar-refractivity contribution in [3.8, 4) is 22.6 Å². The molecule has 1 aromatic heterocycles. The highest BCUT2D eigenvalue weighted by molar-refractivity contribution is 6.36. The Kier molecular flexibility index (Phi) is 6.32. The Morgan fingerprint density at radius 1 is 1.09 bits per heavy atom. The first kappa shape index (κ1) is 23.2. The van der Waals surface area contributed by atoms with Gasteiger partial charge in [-0.15, -0.1) is 0 Å². The highest BCUT2D eigenvalue weighted by Gasteiger charge is 2.38. The van der Waals surface area contributed by atoms with Crippen LogP contribution in [-0.4, -0.2) is 23.8 Å². The number of nitrogens with two attached hydrogens (primary N) is 1. The second-order valence-corrected chi connectivity index (χ2v) is 9.63. The summed E-state index contributed by atoms with van der Waals surface area (Å²) in [6.07, 6.45) is 4.85. The maximum Gasteiger partial charge on any atom is 0.166 e. The van der Waals surface area contributed by atoms with Gasteiger partial charge < -0.3 is 19.9 Å². The second-order valence-electron chi connectivity index (χ2n) is 8.84. The van der Waals surface area contributed by atoms with Gasteiger partial charge in [-0.25, -0.2) is 9.37 Å². The molecular weight excluding hydrogens is 478 g/mol. The zero-order valence-electron chi connectivity index (χ0n) is 18.7. The van der Waals surface area contributed by atoms with Crippen LogP contribution in [0.15, 0.2) is 42.6 Å². The molecule has 34 heavy (non-hydrogen) atoms. The van der Waals surface area contributed by atoms with Crippen molar-refractivity contribution < 1.29 is 18.6 Å². The molecule has 2 aliphatic rings. The topological polar surface area (TPSA) is 66.6 Å². The normalized spacial score (nSPS) is 17.6. The number of aromatic nitrogens is 1. The lowest BCUT2D eigenvalue weighted by Crippen LogP contribution is -2.44. The Morgan fingerprint density at radius 3 is 2.68 bits per heavy atom. The van der Waals surface area contributed by atoms with Crippen molar-refractivity contribution in [2.24, 2.45) is 0 Å². The number of fused-ring (bicyclic) bond motifs is 1. The summed E-state index contributed by atoms with van der Waals surface area (Å²) in [5.41, 5.74) is 9.34.